The van der Waals surface area contributed by atoms with Gasteiger partial charge in [0.05, 0.1) is 6.61 Å². The van der Waals surface area contributed by atoms with Gasteiger partial charge in [-0.2, -0.15) is 0 Å². The summed E-state index contributed by atoms with van der Waals surface area (Å²) in [6.45, 7) is 8.23. The third kappa shape index (κ3) is 4.94. The van der Waals surface area contributed by atoms with Crippen molar-refractivity contribution in [2.45, 2.75) is 45.2 Å². The average Bonchev–Trinajstić information content (AvgIpc) is 2.43. The largest absolute Gasteiger partial charge is 0.380 e. The van der Waals surface area contributed by atoms with Gasteiger partial charge >= 0.3 is 0 Å². The Kier molecular flexibility index (Phi) is 6.15. The van der Waals surface area contributed by atoms with Crippen molar-refractivity contribution in [3.8, 4) is 0 Å². The molecule has 1 saturated heterocycles. The van der Waals surface area contributed by atoms with E-state index >= 15 is 0 Å². The minimum atomic E-state index is 0.484. The van der Waals surface area contributed by atoms with Crippen LogP contribution in [0.2, 0.25) is 0 Å². The topological polar surface area (TPSA) is 33.3 Å². The van der Waals surface area contributed by atoms with Gasteiger partial charge in [0.2, 0.25) is 0 Å². The molecule has 1 aliphatic rings. The smallest absolute Gasteiger partial charge is 0.0616 e. The van der Waals surface area contributed by atoms with Crippen molar-refractivity contribution in [1.82, 2.24) is 10.6 Å². The second-order valence-electron chi connectivity index (χ2n) is 4.11. The van der Waals surface area contributed by atoms with Crippen LogP contribution in [-0.4, -0.2) is 38.4 Å². The Bertz CT molecular complexity index is 133. The molecule has 3 nitrogen and oxygen atoms in total. The molecule has 14 heavy (non-hydrogen) atoms. The zero-order chi connectivity index (χ0) is 10.2. The second-order valence-corrected chi connectivity index (χ2v) is 4.11. The van der Waals surface area contributed by atoms with Crippen molar-refractivity contribution in [2.75, 3.05) is 26.3 Å². The monoisotopic (exact) mass is 200 g/mol. The summed E-state index contributed by atoms with van der Waals surface area (Å²) in [5, 5.41) is 7.05. The van der Waals surface area contributed by atoms with E-state index < -0.39 is 0 Å². The summed E-state index contributed by atoms with van der Waals surface area (Å²) in [6.07, 6.45) is 3.83. The third-order valence-electron chi connectivity index (χ3n) is 2.67. The van der Waals surface area contributed by atoms with E-state index in [2.05, 4.69) is 17.6 Å². The molecule has 0 amide bonds. The van der Waals surface area contributed by atoms with Gasteiger partial charge in [0, 0.05) is 18.7 Å². The standard InChI is InChI=1S/C11H24N2O/c1-3-14-9-10(2)13-11-5-4-7-12-8-6-11/h10-13H,3-9H2,1-2H3. The number of ether oxygens (including phenoxy) is 1. The zero-order valence-electron chi connectivity index (χ0n) is 9.51. The van der Waals surface area contributed by atoms with Crippen LogP contribution in [0.3, 0.4) is 0 Å². The van der Waals surface area contributed by atoms with Crippen LogP contribution >= 0.6 is 0 Å². The summed E-state index contributed by atoms with van der Waals surface area (Å²) in [7, 11) is 0. The Hall–Kier alpha value is -0.120. The lowest BCUT2D eigenvalue weighted by atomic mass is 10.1. The lowest BCUT2D eigenvalue weighted by molar-refractivity contribution is 0.122. The molecular weight excluding hydrogens is 176 g/mol. The van der Waals surface area contributed by atoms with Gasteiger partial charge in [0.1, 0.15) is 0 Å². The second kappa shape index (κ2) is 7.21. The van der Waals surface area contributed by atoms with Crippen molar-refractivity contribution in [3.05, 3.63) is 0 Å². The summed E-state index contributed by atoms with van der Waals surface area (Å²) < 4.78 is 5.39. The maximum absolute atomic E-state index is 5.39. The van der Waals surface area contributed by atoms with E-state index in [1.807, 2.05) is 6.92 Å². The van der Waals surface area contributed by atoms with E-state index in [-0.39, 0.29) is 0 Å². The van der Waals surface area contributed by atoms with Gasteiger partial charge in [-0.25, -0.2) is 0 Å². The quantitative estimate of drug-likeness (QED) is 0.698. The van der Waals surface area contributed by atoms with E-state index in [1.165, 1.54) is 25.8 Å². The van der Waals surface area contributed by atoms with Crippen LogP contribution in [0, 0.1) is 0 Å². The van der Waals surface area contributed by atoms with Crippen LogP contribution in [0.15, 0.2) is 0 Å². The van der Waals surface area contributed by atoms with Gasteiger partial charge in [0.25, 0.3) is 0 Å². The van der Waals surface area contributed by atoms with Gasteiger partial charge in [-0.1, -0.05) is 0 Å². The lowest BCUT2D eigenvalue weighted by Crippen LogP contribution is -2.39. The molecule has 2 N–H and O–H groups in total. The Morgan fingerprint density at radius 3 is 3.07 bits per heavy atom. The van der Waals surface area contributed by atoms with Crippen LogP contribution in [0.5, 0.6) is 0 Å². The fraction of sp³-hybridized carbons (Fsp3) is 1.00. The van der Waals surface area contributed by atoms with E-state index in [9.17, 15) is 0 Å². The predicted octanol–water partition coefficient (Wildman–Crippen LogP) is 1.14. The van der Waals surface area contributed by atoms with E-state index in [1.54, 1.807) is 0 Å². The number of rotatable bonds is 5. The van der Waals surface area contributed by atoms with Gasteiger partial charge < -0.3 is 15.4 Å². The molecule has 1 fully saturated rings. The van der Waals surface area contributed by atoms with Crippen molar-refractivity contribution < 1.29 is 4.74 Å². The first-order valence-corrected chi connectivity index (χ1v) is 5.87. The molecule has 0 aromatic heterocycles. The molecule has 0 saturated carbocycles. The molecule has 0 spiro atoms. The molecule has 1 rings (SSSR count). The highest BCUT2D eigenvalue weighted by molar-refractivity contribution is 4.75. The highest BCUT2D eigenvalue weighted by Gasteiger charge is 2.13. The minimum absolute atomic E-state index is 0.484. The predicted molar refractivity (Wildman–Crippen MR) is 59.6 cm³/mol. The summed E-state index contributed by atoms with van der Waals surface area (Å²) in [5.74, 6) is 0. The van der Waals surface area contributed by atoms with Crippen molar-refractivity contribution in [1.29, 1.82) is 0 Å². The molecule has 3 heteroatoms. The Morgan fingerprint density at radius 1 is 1.43 bits per heavy atom. The molecule has 2 unspecified atom stereocenters. The first-order valence-electron chi connectivity index (χ1n) is 5.87. The Balaban J connectivity index is 2.13. The molecule has 2 atom stereocenters. The summed E-state index contributed by atoms with van der Waals surface area (Å²) in [4.78, 5) is 0. The fourth-order valence-corrected chi connectivity index (χ4v) is 1.93. The molecule has 0 bridgehead atoms. The van der Waals surface area contributed by atoms with Crippen LogP contribution in [0.1, 0.15) is 33.1 Å². The van der Waals surface area contributed by atoms with E-state index in [0.717, 1.165) is 19.8 Å². The average molecular weight is 200 g/mol. The Labute approximate surface area is 87.6 Å². The van der Waals surface area contributed by atoms with Gasteiger partial charge in [-0.05, 0) is 46.2 Å². The molecule has 0 aliphatic carbocycles. The summed E-state index contributed by atoms with van der Waals surface area (Å²) in [5.41, 5.74) is 0. The van der Waals surface area contributed by atoms with E-state index in [0.29, 0.717) is 12.1 Å². The van der Waals surface area contributed by atoms with Crippen molar-refractivity contribution in [3.63, 3.8) is 0 Å². The van der Waals surface area contributed by atoms with Crippen LogP contribution in [0.25, 0.3) is 0 Å². The lowest BCUT2D eigenvalue weighted by Gasteiger charge is -2.21. The molecule has 1 aliphatic heterocycles. The number of nitrogens with one attached hydrogen (secondary N) is 2. The minimum Gasteiger partial charge on any atom is -0.380 e. The van der Waals surface area contributed by atoms with Crippen LogP contribution in [-0.2, 0) is 4.74 Å². The highest BCUT2D eigenvalue weighted by Crippen LogP contribution is 2.05. The summed E-state index contributed by atoms with van der Waals surface area (Å²) in [6, 6.07) is 1.17. The molecule has 0 aromatic carbocycles. The fourth-order valence-electron chi connectivity index (χ4n) is 1.93. The van der Waals surface area contributed by atoms with Crippen LogP contribution < -0.4 is 10.6 Å². The van der Waals surface area contributed by atoms with Crippen molar-refractivity contribution in [2.24, 2.45) is 0 Å². The molecule has 0 radical (unpaired) electrons. The number of hydrogen-bond donors (Lipinski definition) is 2. The maximum atomic E-state index is 5.39. The molecule has 84 valence electrons. The molecular formula is C11H24N2O. The summed E-state index contributed by atoms with van der Waals surface area (Å²) >= 11 is 0. The SMILES string of the molecule is CCOCC(C)NC1CCCNCC1. The maximum Gasteiger partial charge on any atom is 0.0616 e. The first kappa shape index (κ1) is 12.0. The number of hydrogen-bond acceptors (Lipinski definition) is 3. The third-order valence-corrected chi connectivity index (χ3v) is 2.67. The first-order chi connectivity index (χ1) is 6.83. The van der Waals surface area contributed by atoms with Crippen LogP contribution in [0.4, 0.5) is 0 Å². The highest BCUT2D eigenvalue weighted by atomic mass is 16.5. The molecule has 0 aromatic rings. The van der Waals surface area contributed by atoms with E-state index in [4.69, 9.17) is 4.74 Å². The van der Waals surface area contributed by atoms with Gasteiger partial charge in [0.15, 0.2) is 0 Å². The zero-order valence-corrected chi connectivity index (χ0v) is 9.51. The van der Waals surface area contributed by atoms with Gasteiger partial charge in [-0.3, -0.25) is 0 Å². The van der Waals surface area contributed by atoms with Crippen molar-refractivity contribution >= 4 is 0 Å². The van der Waals surface area contributed by atoms with Gasteiger partial charge in [-0.15, -0.1) is 0 Å². The normalized spacial score (nSPS) is 25.7. The molecule has 1 heterocycles. The Morgan fingerprint density at radius 2 is 2.29 bits per heavy atom.